The molecule has 3 aromatic heterocycles. The summed E-state index contributed by atoms with van der Waals surface area (Å²) in [4.78, 5) is 17.0. The number of hydrogen-bond acceptors (Lipinski definition) is 10. The standard InChI is InChI=1S/C12H12N6S.C9H18O2.C7H14.C2H4.C2H2.CH4O/c1-5-8(10(13)18-12(14)16-5)11-17-9-6(2)15-4-3-7(9)19-11;1-6-4-7(8(10)5-6)9(2,3)11;1-6-4-3-5-7(6)2;3*1-2/h3-4H,1-2H3,(H4,13,14,16,18);6-8,10-11H,4-5H2,1-3H3;6-7H,3-5H2,1-2H3;1-2H2;1-2H;2H,1H3/t;6-,7+,8+;6-,7+;;;/m.1..../s1. The summed E-state index contributed by atoms with van der Waals surface area (Å²) in [6.07, 6.45) is 15.7. The second-order valence-corrected chi connectivity index (χ2v) is 12.5. The van der Waals surface area contributed by atoms with Gasteiger partial charge in [-0.1, -0.05) is 40.0 Å². The van der Waals surface area contributed by atoms with E-state index >= 15 is 0 Å². The van der Waals surface area contributed by atoms with E-state index in [1.807, 2.05) is 19.9 Å². The fourth-order valence-electron chi connectivity index (χ4n) is 5.32. The number of anilines is 2. The second-order valence-electron chi connectivity index (χ2n) is 11.5. The Bertz CT molecular complexity index is 1230. The molecule has 43 heavy (non-hydrogen) atoms. The van der Waals surface area contributed by atoms with E-state index in [-0.39, 0.29) is 18.0 Å². The molecule has 7 N–H and O–H groups in total. The van der Waals surface area contributed by atoms with Crippen LogP contribution in [0.2, 0.25) is 0 Å². The molecule has 0 aromatic carbocycles. The Hall–Kier alpha value is -3.10. The van der Waals surface area contributed by atoms with Crippen LogP contribution in [0.15, 0.2) is 25.4 Å². The molecular weight excluding hydrogens is 560 g/mol. The molecule has 2 saturated carbocycles. The zero-order valence-electron chi connectivity index (χ0n) is 27.3. The Morgan fingerprint density at radius 2 is 1.51 bits per heavy atom. The highest BCUT2D eigenvalue weighted by atomic mass is 32.1. The first-order chi connectivity index (χ1) is 20.3. The van der Waals surface area contributed by atoms with Crippen molar-refractivity contribution in [3.05, 3.63) is 36.8 Å². The van der Waals surface area contributed by atoms with Crippen LogP contribution in [0.1, 0.15) is 78.1 Å². The van der Waals surface area contributed by atoms with Gasteiger partial charge in [0.2, 0.25) is 5.95 Å². The van der Waals surface area contributed by atoms with Gasteiger partial charge in [0.25, 0.3) is 0 Å². The number of terminal acetylenes is 1. The van der Waals surface area contributed by atoms with Crippen LogP contribution in [0.3, 0.4) is 0 Å². The molecule has 2 aliphatic carbocycles. The van der Waals surface area contributed by atoms with Gasteiger partial charge in [0.1, 0.15) is 16.3 Å². The fraction of sp³-hybridized carbons (Fsp3) is 0.576. The number of aromatic nitrogens is 4. The summed E-state index contributed by atoms with van der Waals surface area (Å²) in [5.41, 5.74) is 14.1. The van der Waals surface area contributed by atoms with Gasteiger partial charge in [-0.15, -0.1) is 37.3 Å². The summed E-state index contributed by atoms with van der Waals surface area (Å²) < 4.78 is 1.07. The van der Waals surface area contributed by atoms with Gasteiger partial charge in [-0.2, -0.15) is 4.98 Å². The molecule has 5 rings (SSSR count). The van der Waals surface area contributed by atoms with Crippen LogP contribution in [0.5, 0.6) is 0 Å². The number of nitrogens with two attached hydrogens (primary N) is 2. The minimum Gasteiger partial charge on any atom is -0.400 e. The Kier molecular flexibility index (Phi) is 17.8. The van der Waals surface area contributed by atoms with Gasteiger partial charge < -0.3 is 26.8 Å². The Morgan fingerprint density at radius 3 is 1.88 bits per heavy atom. The number of nitrogens with zero attached hydrogens (tertiary/aromatic N) is 4. The third-order valence-corrected chi connectivity index (χ3v) is 8.84. The number of pyridine rings is 1. The summed E-state index contributed by atoms with van der Waals surface area (Å²) >= 11 is 1.55. The van der Waals surface area contributed by atoms with Crippen molar-refractivity contribution >= 4 is 33.3 Å². The second kappa shape index (κ2) is 19.2. The van der Waals surface area contributed by atoms with Crippen LogP contribution in [0, 0.1) is 50.4 Å². The topological polar surface area (TPSA) is 164 Å². The predicted molar refractivity (Wildman–Crippen MR) is 182 cm³/mol. The number of hydrogen-bond donors (Lipinski definition) is 5. The molecule has 0 unspecified atom stereocenters. The van der Waals surface area contributed by atoms with Crippen molar-refractivity contribution in [1.82, 2.24) is 19.9 Å². The summed E-state index contributed by atoms with van der Waals surface area (Å²) in [6.45, 7) is 20.2. The average molecular weight is 615 g/mol. The third-order valence-electron chi connectivity index (χ3n) is 7.80. The number of nitrogen functional groups attached to an aromatic ring is 2. The first kappa shape index (κ1) is 39.9. The monoisotopic (exact) mass is 614 g/mol. The van der Waals surface area contributed by atoms with Gasteiger partial charge in [0, 0.05) is 19.2 Å². The maximum atomic E-state index is 9.65. The lowest BCUT2D eigenvalue weighted by atomic mass is 9.88. The van der Waals surface area contributed by atoms with Crippen molar-refractivity contribution in [2.75, 3.05) is 18.6 Å². The van der Waals surface area contributed by atoms with Crippen molar-refractivity contribution in [3.63, 3.8) is 0 Å². The van der Waals surface area contributed by atoms with Crippen LogP contribution in [-0.2, 0) is 0 Å². The Balaban J connectivity index is 0.000000624. The van der Waals surface area contributed by atoms with Crippen molar-refractivity contribution in [3.8, 4) is 23.4 Å². The molecule has 240 valence electrons. The van der Waals surface area contributed by atoms with Crippen LogP contribution in [0.25, 0.3) is 20.8 Å². The lowest BCUT2D eigenvalue weighted by Crippen LogP contribution is -2.35. The van der Waals surface area contributed by atoms with E-state index in [2.05, 4.69) is 66.7 Å². The summed E-state index contributed by atoms with van der Waals surface area (Å²) in [5, 5.41) is 27.0. The van der Waals surface area contributed by atoms with Gasteiger partial charge in [0.15, 0.2) is 0 Å². The zero-order valence-corrected chi connectivity index (χ0v) is 28.2. The maximum Gasteiger partial charge on any atom is 0.222 e. The summed E-state index contributed by atoms with van der Waals surface area (Å²) in [7, 11) is 1.00. The molecule has 0 radical (unpaired) electrons. The molecule has 9 nitrogen and oxygen atoms in total. The number of aliphatic hydroxyl groups is 3. The lowest BCUT2D eigenvalue weighted by Gasteiger charge is -2.28. The van der Waals surface area contributed by atoms with Crippen molar-refractivity contribution in [2.24, 2.45) is 23.7 Å². The minimum absolute atomic E-state index is 0.0671. The smallest absolute Gasteiger partial charge is 0.222 e. The molecule has 0 amide bonds. The van der Waals surface area contributed by atoms with Crippen molar-refractivity contribution in [1.29, 1.82) is 0 Å². The molecule has 5 atom stereocenters. The normalized spacial score (nSPS) is 22.1. The largest absolute Gasteiger partial charge is 0.400 e. The zero-order chi connectivity index (χ0) is 33.5. The van der Waals surface area contributed by atoms with E-state index in [1.165, 1.54) is 19.3 Å². The lowest BCUT2D eigenvalue weighted by molar-refractivity contribution is -0.0316. The van der Waals surface area contributed by atoms with Gasteiger partial charge >= 0.3 is 0 Å². The van der Waals surface area contributed by atoms with Gasteiger partial charge in [-0.05, 0) is 64.4 Å². The van der Waals surface area contributed by atoms with Gasteiger partial charge in [-0.25, -0.2) is 9.97 Å². The van der Waals surface area contributed by atoms with E-state index in [0.717, 1.165) is 64.0 Å². The van der Waals surface area contributed by atoms with Crippen molar-refractivity contribution < 1.29 is 15.3 Å². The number of thiazole rings is 1. The summed E-state index contributed by atoms with van der Waals surface area (Å²) in [5.74, 6) is 3.19. The third kappa shape index (κ3) is 11.8. The highest BCUT2D eigenvalue weighted by Gasteiger charge is 2.39. The molecule has 0 saturated heterocycles. The average Bonchev–Trinajstić information content (AvgIpc) is 3.66. The van der Waals surface area contributed by atoms with Crippen LogP contribution < -0.4 is 11.5 Å². The molecule has 2 aliphatic rings. The number of rotatable bonds is 2. The van der Waals surface area contributed by atoms with E-state index in [4.69, 9.17) is 16.6 Å². The number of aliphatic hydroxyl groups excluding tert-OH is 2. The summed E-state index contributed by atoms with van der Waals surface area (Å²) in [6, 6.07) is 1.94. The van der Waals surface area contributed by atoms with Crippen LogP contribution >= 0.6 is 11.3 Å². The van der Waals surface area contributed by atoms with Crippen LogP contribution in [0.4, 0.5) is 11.8 Å². The molecule has 3 heterocycles. The van der Waals surface area contributed by atoms with Crippen molar-refractivity contribution in [2.45, 2.75) is 92.3 Å². The first-order valence-electron chi connectivity index (χ1n) is 14.6. The maximum absolute atomic E-state index is 9.65. The van der Waals surface area contributed by atoms with Gasteiger partial charge in [-0.3, -0.25) is 4.98 Å². The van der Waals surface area contributed by atoms with E-state index in [1.54, 1.807) is 31.4 Å². The quantitative estimate of drug-likeness (QED) is 0.167. The molecular formula is C33H54N6O3S. The fourth-order valence-corrected chi connectivity index (χ4v) is 6.44. The minimum atomic E-state index is -0.718. The van der Waals surface area contributed by atoms with E-state index in [9.17, 15) is 10.2 Å². The van der Waals surface area contributed by atoms with E-state index in [0.29, 0.717) is 11.7 Å². The predicted octanol–water partition coefficient (Wildman–Crippen LogP) is 6.20. The SMILES string of the molecule is C#C.C=C.CO.C[C@@H]1CCC[C@@H]1C.C[C@H]1C[C@H](O)[C@@H](C(C)(C)O)C1.Cc1nc(N)nc(N)c1-c1nc2c(C)nccc2s1. The van der Waals surface area contributed by atoms with Crippen LogP contribution in [-0.4, -0.2) is 54.1 Å². The molecule has 0 bridgehead atoms. The number of fused-ring (bicyclic) bond motifs is 1. The molecule has 0 aliphatic heterocycles. The molecule has 10 heteroatoms. The van der Waals surface area contributed by atoms with Gasteiger partial charge in [0.05, 0.1) is 33.4 Å². The van der Waals surface area contributed by atoms with E-state index < -0.39 is 5.60 Å². The highest BCUT2D eigenvalue weighted by molar-refractivity contribution is 7.21. The molecule has 3 aromatic rings. The highest BCUT2D eigenvalue weighted by Crippen LogP contribution is 2.38. The number of aryl methyl sites for hydroxylation is 2. The molecule has 2 fully saturated rings. The molecule has 0 spiro atoms. The Morgan fingerprint density at radius 1 is 0.953 bits per heavy atom. The first-order valence-corrected chi connectivity index (χ1v) is 15.4. The Labute approximate surface area is 262 Å².